The Kier molecular flexibility index (Phi) is 4.39. The van der Waals surface area contributed by atoms with Crippen LogP contribution in [0.2, 0.25) is 5.02 Å². The van der Waals surface area contributed by atoms with Gasteiger partial charge in [0.2, 0.25) is 0 Å². The standard InChI is InChI=1S/C26H20ClN3OS/c1-15-9-11-16(12-10-15)24-23-20(19-7-2-3-8-21(19)28-23)14-22-25(31)29(26(32)30(22)24)18-6-4-5-17(27)13-18/h2-13,22,24,28H,14H2,1H3/t22-,24+/m1/s1. The van der Waals surface area contributed by atoms with Crippen LogP contribution >= 0.6 is 23.8 Å². The highest BCUT2D eigenvalue weighted by molar-refractivity contribution is 7.80. The van der Waals surface area contributed by atoms with Crippen LogP contribution < -0.4 is 4.90 Å². The molecule has 0 spiro atoms. The minimum absolute atomic E-state index is 0.00897. The molecule has 2 aliphatic heterocycles. The molecule has 1 aromatic heterocycles. The third-order valence-corrected chi connectivity index (χ3v) is 7.14. The average Bonchev–Trinajstić information content (AvgIpc) is 3.28. The number of halogens is 1. The van der Waals surface area contributed by atoms with Gasteiger partial charge in [-0.05, 0) is 54.5 Å². The Balaban J connectivity index is 1.55. The highest BCUT2D eigenvalue weighted by Crippen LogP contribution is 2.45. The van der Waals surface area contributed by atoms with E-state index in [0.717, 1.165) is 16.8 Å². The smallest absolute Gasteiger partial charge is 0.256 e. The minimum atomic E-state index is -0.362. The Bertz CT molecular complexity index is 1390. The average molecular weight is 458 g/mol. The third kappa shape index (κ3) is 2.81. The summed E-state index contributed by atoms with van der Waals surface area (Å²) in [6.45, 7) is 2.08. The maximum absolute atomic E-state index is 13.7. The second kappa shape index (κ2) is 7.19. The predicted molar refractivity (Wildman–Crippen MR) is 132 cm³/mol. The minimum Gasteiger partial charge on any atom is -0.356 e. The van der Waals surface area contributed by atoms with Crippen LogP contribution in [-0.2, 0) is 11.2 Å². The number of aromatic nitrogens is 1. The van der Waals surface area contributed by atoms with Gasteiger partial charge in [0.1, 0.15) is 6.04 Å². The van der Waals surface area contributed by atoms with Crippen LogP contribution in [0.4, 0.5) is 5.69 Å². The Morgan fingerprint density at radius 3 is 2.59 bits per heavy atom. The van der Waals surface area contributed by atoms with Crippen LogP contribution in [0, 0.1) is 6.92 Å². The van der Waals surface area contributed by atoms with Crippen molar-refractivity contribution in [1.29, 1.82) is 0 Å². The van der Waals surface area contributed by atoms with Crippen LogP contribution in [-0.4, -0.2) is 26.9 Å². The van der Waals surface area contributed by atoms with Crippen molar-refractivity contribution in [3.05, 3.63) is 100 Å². The SMILES string of the molecule is Cc1ccc([C@H]2c3[nH]c4ccccc4c3C[C@@H]3C(=O)N(c4cccc(Cl)c4)C(=S)N23)cc1. The number of para-hydroxylation sites is 1. The zero-order valence-corrected chi connectivity index (χ0v) is 19.0. The van der Waals surface area contributed by atoms with E-state index < -0.39 is 0 Å². The molecule has 3 heterocycles. The van der Waals surface area contributed by atoms with E-state index in [2.05, 4.69) is 53.2 Å². The molecule has 4 aromatic rings. The lowest BCUT2D eigenvalue weighted by molar-refractivity contribution is -0.120. The third-order valence-electron chi connectivity index (χ3n) is 6.51. The van der Waals surface area contributed by atoms with Crippen molar-refractivity contribution in [3.8, 4) is 0 Å². The molecule has 0 bridgehead atoms. The van der Waals surface area contributed by atoms with Crippen LogP contribution in [0.25, 0.3) is 10.9 Å². The largest absolute Gasteiger partial charge is 0.356 e. The number of carbonyl (C=O) groups is 1. The summed E-state index contributed by atoms with van der Waals surface area (Å²) in [5.74, 6) is -0.00897. The van der Waals surface area contributed by atoms with Crippen molar-refractivity contribution in [1.82, 2.24) is 9.88 Å². The van der Waals surface area contributed by atoms with Gasteiger partial charge in [0, 0.05) is 28.0 Å². The fourth-order valence-corrected chi connectivity index (χ4v) is 5.64. The number of aryl methyl sites for hydroxylation is 1. The van der Waals surface area contributed by atoms with E-state index in [4.69, 9.17) is 23.8 Å². The van der Waals surface area contributed by atoms with Gasteiger partial charge in [0.25, 0.3) is 5.91 Å². The number of fused-ring (bicyclic) bond motifs is 4. The second-order valence-corrected chi connectivity index (χ2v) is 9.24. The maximum atomic E-state index is 13.7. The molecule has 1 N–H and O–H groups in total. The molecule has 3 aromatic carbocycles. The zero-order chi connectivity index (χ0) is 22.0. The van der Waals surface area contributed by atoms with Gasteiger partial charge < -0.3 is 9.88 Å². The van der Waals surface area contributed by atoms with Crippen molar-refractivity contribution in [2.24, 2.45) is 0 Å². The van der Waals surface area contributed by atoms with Gasteiger partial charge in [-0.2, -0.15) is 0 Å². The monoisotopic (exact) mass is 457 g/mol. The van der Waals surface area contributed by atoms with Gasteiger partial charge in [-0.1, -0.05) is 65.7 Å². The van der Waals surface area contributed by atoms with E-state index in [1.165, 1.54) is 16.5 Å². The zero-order valence-electron chi connectivity index (χ0n) is 17.4. The molecule has 0 radical (unpaired) electrons. The number of thiocarbonyl (C=S) groups is 1. The Morgan fingerprint density at radius 2 is 1.81 bits per heavy atom. The van der Waals surface area contributed by atoms with Crippen LogP contribution in [0.1, 0.15) is 28.4 Å². The number of nitrogens with zero attached hydrogens (tertiary/aromatic N) is 2. The summed E-state index contributed by atoms with van der Waals surface area (Å²) in [5, 5.41) is 2.26. The van der Waals surface area contributed by atoms with E-state index in [0.29, 0.717) is 22.2 Å². The normalized spacial score (nSPS) is 20.1. The highest BCUT2D eigenvalue weighted by Gasteiger charge is 2.50. The van der Waals surface area contributed by atoms with Crippen molar-refractivity contribution < 1.29 is 4.79 Å². The van der Waals surface area contributed by atoms with Crippen LogP contribution in [0.5, 0.6) is 0 Å². The number of carbonyl (C=O) groups excluding carboxylic acids is 1. The molecule has 2 aliphatic rings. The number of rotatable bonds is 2. The predicted octanol–water partition coefficient (Wildman–Crippen LogP) is 5.78. The lowest BCUT2D eigenvalue weighted by atomic mass is 9.88. The molecule has 6 heteroatoms. The number of nitrogens with one attached hydrogen (secondary N) is 1. The van der Waals surface area contributed by atoms with Crippen molar-refractivity contribution in [2.75, 3.05) is 4.90 Å². The molecule has 2 atom stereocenters. The van der Waals surface area contributed by atoms with Gasteiger partial charge in [-0.3, -0.25) is 9.69 Å². The molecule has 1 saturated heterocycles. The van der Waals surface area contributed by atoms with E-state index in [9.17, 15) is 4.79 Å². The molecular weight excluding hydrogens is 438 g/mol. The Labute approximate surface area is 196 Å². The first-order valence-corrected chi connectivity index (χ1v) is 11.4. The molecule has 6 rings (SSSR count). The molecule has 158 valence electrons. The fourth-order valence-electron chi connectivity index (χ4n) is 5.02. The molecular formula is C26H20ClN3OS. The van der Waals surface area contributed by atoms with Gasteiger partial charge in [0.05, 0.1) is 11.7 Å². The Hall–Kier alpha value is -3.15. The molecule has 4 nitrogen and oxygen atoms in total. The quantitative estimate of drug-likeness (QED) is 0.388. The number of anilines is 1. The summed E-state index contributed by atoms with van der Waals surface area (Å²) in [5.41, 5.74) is 6.39. The van der Waals surface area contributed by atoms with Gasteiger partial charge in [-0.25, -0.2) is 0 Å². The Morgan fingerprint density at radius 1 is 1.03 bits per heavy atom. The van der Waals surface area contributed by atoms with Gasteiger partial charge >= 0.3 is 0 Å². The van der Waals surface area contributed by atoms with Crippen LogP contribution in [0.15, 0.2) is 72.8 Å². The van der Waals surface area contributed by atoms with Crippen molar-refractivity contribution >= 4 is 51.4 Å². The first kappa shape index (κ1) is 19.5. The molecule has 0 saturated carbocycles. The summed E-state index contributed by atoms with van der Waals surface area (Å²) in [6.07, 6.45) is 0.609. The van der Waals surface area contributed by atoms with Crippen molar-refractivity contribution in [3.63, 3.8) is 0 Å². The molecule has 0 unspecified atom stereocenters. The number of hydrogen-bond donors (Lipinski definition) is 1. The number of hydrogen-bond acceptors (Lipinski definition) is 2. The lowest BCUT2D eigenvalue weighted by Gasteiger charge is -2.37. The number of amides is 1. The number of H-pyrrole nitrogens is 1. The molecule has 1 fully saturated rings. The summed E-state index contributed by atoms with van der Waals surface area (Å²) in [4.78, 5) is 21.1. The lowest BCUT2D eigenvalue weighted by Crippen LogP contribution is -2.44. The second-order valence-electron chi connectivity index (χ2n) is 8.44. The first-order chi connectivity index (χ1) is 15.5. The summed E-state index contributed by atoms with van der Waals surface area (Å²) in [7, 11) is 0. The van der Waals surface area contributed by atoms with E-state index in [1.807, 2.05) is 24.3 Å². The topological polar surface area (TPSA) is 39.3 Å². The fraction of sp³-hybridized carbons (Fsp3) is 0.154. The molecule has 0 aliphatic carbocycles. The first-order valence-electron chi connectivity index (χ1n) is 10.6. The number of benzene rings is 3. The van der Waals surface area contributed by atoms with Gasteiger partial charge in [-0.15, -0.1) is 0 Å². The number of aromatic amines is 1. The molecule has 32 heavy (non-hydrogen) atoms. The van der Waals surface area contributed by atoms with Crippen LogP contribution in [0.3, 0.4) is 0 Å². The van der Waals surface area contributed by atoms with E-state index in [-0.39, 0.29) is 18.0 Å². The van der Waals surface area contributed by atoms with E-state index >= 15 is 0 Å². The van der Waals surface area contributed by atoms with Crippen molar-refractivity contribution in [2.45, 2.75) is 25.4 Å². The molecule has 1 amide bonds. The summed E-state index contributed by atoms with van der Waals surface area (Å²) < 4.78 is 0. The summed E-state index contributed by atoms with van der Waals surface area (Å²) >= 11 is 12.2. The highest BCUT2D eigenvalue weighted by atomic mass is 35.5. The van der Waals surface area contributed by atoms with E-state index in [1.54, 1.807) is 17.0 Å². The summed E-state index contributed by atoms with van der Waals surface area (Å²) in [6, 6.07) is 23.6. The maximum Gasteiger partial charge on any atom is 0.256 e. The van der Waals surface area contributed by atoms with Gasteiger partial charge in [0.15, 0.2) is 5.11 Å².